The molecule has 0 aromatic heterocycles. The molecule has 1 saturated heterocycles. The fraction of sp³-hybridized carbons (Fsp3) is 0.458. The molecule has 3 unspecified atom stereocenters. The smallest absolute Gasteiger partial charge is 0.319 e. The average molecular weight is 462 g/mol. The van der Waals surface area contributed by atoms with Gasteiger partial charge in [0.15, 0.2) is 11.5 Å². The van der Waals surface area contributed by atoms with Gasteiger partial charge in [-0.1, -0.05) is 17.7 Å². The number of hydrogen-bond acceptors (Lipinski definition) is 4. The van der Waals surface area contributed by atoms with Crippen molar-refractivity contribution in [3.05, 3.63) is 52.8 Å². The number of urea groups is 1. The first-order valence-corrected chi connectivity index (χ1v) is 11.2. The van der Waals surface area contributed by atoms with Gasteiger partial charge in [-0.05, 0) is 75.2 Å². The van der Waals surface area contributed by atoms with Crippen LogP contribution in [0.3, 0.4) is 0 Å². The van der Waals surface area contributed by atoms with Crippen LogP contribution in [0.25, 0.3) is 0 Å². The number of fused-ring (bicyclic) bond motifs is 1. The molecule has 2 fully saturated rings. The summed E-state index contributed by atoms with van der Waals surface area (Å²) in [4.78, 5) is 14.9. The molecule has 2 N–H and O–H groups in total. The van der Waals surface area contributed by atoms with Crippen molar-refractivity contribution < 1.29 is 18.7 Å². The largest absolute Gasteiger partial charge is 0.493 e. The molecule has 1 aliphatic carbocycles. The fourth-order valence-electron chi connectivity index (χ4n) is 5.32. The van der Waals surface area contributed by atoms with E-state index in [4.69, 9.17) is 21.1 Å². The summed E-state index contributed by atoms with van der Waals surface area (Å²) in [6.07, 6.45) is 3.75. The molecule has 1 aliphatic heterocycles. The number of halogens is 2. The topological polar surface area (TPSA) is 62.8 Å². The van der Waals surface area contributed by atoms with Crippen LogP contribution in [-0.2, 0) is 5.41 Å². The highest BCUT2D eigenvalue weighted by Crippen LogP contribution is 2.49. The number of rotatable bonds is 5. The SMILES string of the molecule is COc1ccc(C23CCC(NC(=O)Nc4ccc(F)c(Cl)c4)CC2N(C)CC3)cc1OC. The van der Waals surface area contributed by atoms with Crippen LogP contribution < -0.4 is 20.1 Å². The van der Waals surface area contributed by atoms with Crippen LogP contribution in [0.15, 0.2) is 36.4 Å². The number of carbonyl (C=O) groups excluding carboxylic acids is 1. The molecule has 0 radical (unpaired) electrons. The molecule has 4 rings (SSSR count). The van der Waals surface area contributed by atoms with E-state index < -0.39 is 5.82 Å². The standard InChI is InChI=1S/C24H29ClFN3O3/c1-29-11-10-24(15-4-7-20(31-2)21(12-15)32-3)9-8-17(14-22(24)29)28-23(30)27-16-5-6-19(26)18(25)13-16/h4-7,12-13,17,22H,8-11,14H2,1-3H3,(H2,27,28,30). The molecule has 3 atom stereocenters. The van der Waals surface area contributed by atoms with E-state index in [0.29, 0.717) is 11.7 Å². The van der Waals surface area contributed by atoms with Gasteiger partial charge in [0.05, 0.1) is 19.2 Å². The Labute approximate surface area is 193 Å². The summed E-state index contributed by atoms with van der Waals surface area (Å²) >= 11 is 5.81. The Kier molecular flexibility index (Phi) is 6.49. The van der Waals surface area contributed by atoms with Gasteiger partial charge in [-0.2, -0.15) is 0 Å². The number of hydrogen-bond donors (Lipinski definition) is 2. The summed E-state index contributed by atoms with van der Waals surface area (Å²) in [5, 5.41) is 5.82. The van der Waals surface area contributed by atoms with Gasteiger partial charge < -0.3 is 25.0 Å². The molecule has 2 aromatic rings. The number of benzene rings is 2. The predicted octanol–water partition coefficient (Wildman–Crippen LogP) is 4.81. The van der Waals surface area contributed by atoms with E-state index in [9.17, 15) is 9.18 Å². The van der Waals surface area contributed by atoms with Crippen molar-refractivity contribution in [3.63, 3.8) is 0 Å². The summed E-state index contributed by atoms with van der Waals surface area (Å²) in [5.41, 5.74) is 1.74. The molecular weight excluding hydrogens is 433 g/mol. The van der Waals surface area contributed by atoms with Gasteiger partial charge in [-0.15, -0.1) is 0 Å². The highest BCUT2D eigenvalue weighted by Gasteiger charge is 2.50. The summed E-state index contributed by atoms with van der Waals surface area (Å²) in [6, 6.07) is 10.4. The van der Waals surface area contributed by atoms with Crippen molar-refractivity contribution >= 4 is 23.3 Å². The number of methoxy groups -OCH3 is 2. The molecule has 2 aromatic carbocycles. The highest BCUT2D eigenvalue weighted by molar-refractivity contribution is 6.31. The van der Waals surface area contributed by atoms with Crippen molar-refractivity contribution in [2.75, 3.05) is 33.1 Å². The van der Waals surface area contributed by atoms with Gasteiger partial charge >= 0.3 is 6.03 Å². The number of carbonyl (C=O) groups is 1. The van der Waals surface area contributed by atoms with Crippen molar-refractivity contribution in [1.82, 2.24) is 10.2 Å². The second-order valence-corrected chi connectivity index (χ2v) is 9.08. The number of likely N-dealkylation sites (N-methyl/N-ethyl adjacent to an activating group) is 1. The zero-order chi connectivity index (χ0) is 22.9. The molecule has 172 valence electrons. The summed E-state index contributed by atoms with van der Waals surface area (Å²) < 4.78 is 24.3. The van der Waals surface area contributed by atoms with Gasteiger partial charge in [-0.25, -0.2) is 9.18 Å². The maximum atomic E-state index is 13.4. The number of nitrogens with zero attached hydrogens (tertiary/aromatic N) is 1. The molecule has 8 heteroatoms. The van der Waals surface area contributed by atoms with E-state index in [1.165, 1.54) is 23.8 Å². The van der Waals surface area contributed by atoms with Crippen LogP contribution in [0.1, 0.15) is 31.2 Å². The molecule has 1 heterocycles. The maximum absolute atomic E-state index is 13.4. The summed E-state index contributed by atoms with van der Waals surface area (Å²) in [6.45, 7) is 1.01. The van der Waals surface area contributed by atoms with E-state index in [0.717, 1.165) is 43.7 Å². The van der Waals surface area contributed by atoms with Crippen LogP contribution in [0.2, 0.25) is 5.02 Å². The Hall–Kier alpha value is -2.51. The first-order chi connectivity index (χ1) is 15.4. The van der Waals surface area contributed by atoms with Gasteiger partial charge in [0.1, 0.15) is 5.82 Å². The molecule has 6 nitrogen and oxygen atoms in total. The lowest BCUT2D eigenvalue weighted by molar-refractivity contribution is 0.156. The number of nitrogens with one attached hydrogen (secondary N) is 2. The Bertz CT molecular complexity index is 1000. The molecule has 32 heavy (non-hydrogen) atoms. The lowest BCUT2D eigenvalue weighted by atomic mass is 9.65. The third-order valence-electron chi connectivity index (χ3n) is 7.00. The van der Waals surface area contributed by atoms with Crippen LogP contribution in [0, 0.1) is 5.82 Å². The quantitative estimate of drug-likeness (QED) is 0.670. The van der Waals surface area contributed by atoms with Crippen LogP contribution >= 0.6 is 11.6 Å². The zero-order valence-electron chi connectivity index (χ0n) is 18.6. The molecule has 0 spiro atoms. The Morgan fingerprint density at radius 2 is 1.94 bits per heavy atom. The minimum absolute atomic E-state index is 0.0206. The normalized spacial score (nSPS) is 25.2. The summed E-state index contributed by atoms with van der Waals surface area (Å²) in [7, 11) is 5.45. The minimum atomic E-state index is -0.513. The Morgan fingerprint density at radius 1 is 1.16 bits per heavy atom. The van der Waals surface area contributed by atoms with Gasteiger partial charge in [-0.3, -0.25) is 0 Å². The minimum Gasteiger partial charge on any atom is -0.493 e. The third kappa shape index (κ3) is 4.24. The number of ether oxygens (including phenoxy) is 2. The predicted molar refractivity (Wildman–Crippen MR) is 123 cm³/mol. The second kappa shape index (κ2) is 9.16. The lowest BCUT2D eigenvalue weighted by Crippen LogP contribution is -2.52. The van der Waals surface area contributed by atoms with Gasteiger partial charge in [0.25, 0.3) is 0 Å². The number of anilines is 1. The first kappa shape index (κ1) is 22.7. The number of likely N-dealkylation sites (tertiary alicyclic amines) is 1. The monoisotopic (exact) mass is 461 g/mol. The van der Waals surface area contributed by atoms with Gasteiger partial charge in [0.2, 0.25) is 0 Å². The first-order valence-electron chi connectivity index (χ1n) is 10.8. The second-order valence-electron chi connectivity index (χ2n) is 8.67. The average Bonchev–Trinajstić information content (AvgIpc) is 3.13. The molecule has 2 aliphatic rings. The molecular formula is C24H29ClFN3O3. The van der Waals surface area contributed by atoms with E-state index in [1.807, 2.05) is 6.07 Å². The lowest BCUT2D eigenvalue weighted by Gasteiger charge is -2.45. The fourth-order valence-corrected chi connectivity index (χ4v) is 5.50. The Morgan fingerprint density at radius 3 is 2.66 bits per heavy atom. The summed E-state index contributed by atoms with van der Waals surface area (Å²) in [5.74, 6) is 0.953. The van der Waals surface area contributed by atoms with Crippen LogP contribution in [0.5, 0.6) is 11.5 Å². The molecule has 2 amide bonds. The van der Waals surface area contributed by atoms with E-state index >= 15 is 0 Å². The van der Waals surface area contributed by atoms with Crippen LogP contribution in [-0.4, -0.2) is 50.8 Å². The van der Waals surface area contributed by atoms with E-state index in [-0.39, 0.29) is 22.5 Å². The highest BCUT2D eigenvalue weighted by atomic mass is 35.5. The maximum Gasteiger partial charge on any atom is 0.319 e. The zero-order valence-corrected chi connectivity index (χ0v) is 19.3. The van der Waals surface area contributed by atoms with Crippen molar-refractivity contribution in [1.29, 1.82) is 0 Å². The van der Waals surface area contributed by atoms with Crippen LogP contribution in [0.4, 0.5) is 14.9 Å². The molecule has 1 saturated carbocycles. The van der Waals surface area contributed by atoms with Gasteiger partial charge in [0, 0.05) is 23.2 Å². The van der Waals surface area contributed by atoms with E-state index in [2.05, 4.69) is 34.7 Å². The van der Waals surface area contributed by atoms with Crippen molar-refractivity contribution in [2.24, 2.45) is 0 Å². The Balaban J connectivity index is 1.47. The third-order valence-corrected chi connectivity index (χ3v) is 7.29. The number of amides is 2. The van der Waals surface area contributed by atoms with E-state index in [1.54, 1.807) is 14.2 Å². The molecule has 0 bridgehead atoms. The van der Waals surface area contributed by atoms with Crippen molar-refractivity contribution in [3.8, 4) is 11.5 Å². The van der Waals surface area contributed by atoms with Crippen molar-refractivity contribution in [2.45, 2.75) is 43.2 Å².